The predicted molar refractivity (Wildman–Crippen MR) is 108 cm³/mol. The molecule has 2 fully saturated rings. The van der Waals surface area contributed by atoms with Gasteiger partial charge in [0.1, 0.15) is 4.21 Å². The summed E-state index contributed by atoms with van der Waals surface area (Å²) < 4.78 is 27.2. The van der Waals surface area contributed by atoms with Gasteiger partial charge < -0.3 is 9.80 Å². The van der Waals surface area contributed by atoms with Gasteiger partial charge in [-0.2, -0.15) is 4.31 Å². The van der Waals surface area contributed by atoms with Crippen LogP contribution in [0, 0.1) is 0 Å². The van der Waals surface area contributed by atoms with E-state index >= 15 is 0 Å². The van der Waals surface area contributed by atoms with E-state index in [2.05, 4.69) is 26.9 Å². The smallest absolute Gasteiger partial charge is 0.252 e. The summed E-state index contributed by atoms with van der Waals surface area (Å²) >= 11 is 1.27. The van der Waals surface area contributed by atoms with Crippen molar-refractivity contribution in [2.75, 3.05) is 42.5 Å². The highest BCUT2D eigenvalue weighted by molar-refractivity contribution is 7.91. The zero-order chi connectivity index (χ0) is 18.9. The molecule has 2 aliphatic heterocycles. The first-order valence-corrected chi connectivity index (χ1v) is 11.8. The number of nitrogens with zero attached hydrogens (tertiary/aromatic N) is 5. The number of piperidine rings is 1. The molecule has 2 aliphatic rings. The molecule has 0 amide bonds. The summed E-state index contributed by atoms with van der Waals surface area (Å²) in [7, 11) is -3.37. The Morgan fingerprint density at radius 3 is 2.37 bits per heavy atom. The van der Waals surface area contributed by atoms with Gasteiger partial charge in [-0.25, -0.2) is 8.42 Å². The zero-order valence-electron chi connectivity index (χ0n) is 15.5. The fraction of sp³-hybridized carbons (Fsp3) is 0.556. The van der Waals surface area contributed by atoms with Crippen LogP contribution >= 0.6 is 11.3 Å². The average molecular weight is 408 g/mol. The molecule has 0 saturated carbocycles. The van der Waals surface area contributed by atoms with Gasteiger partial charge in [0, 0.05) is 38.8 Å². The molecule has 4 heterocycles. The van der Waals surface area contributed by atoms with E-state index in [1.54, 1.807) is 21.8 Å². The van der Waals surface area contributed by atoms with Crippen molar-refractivity contribution in [2.24, 2.45) is 0 Å². The van der Waals surface area contributed by atoms with Gasteiger partial charge in [-0.05, 0) is 49.8 Å². The maximum atomic E-state index is 12.6. The molecule has 7 nitrogen and oxygen atoms in total. The third kappa shape index (κ3) is 3.81. The highest BCUT2D eigenvalue weighted by Gasteiger charge is 2.29. The molecule has 1 unspecified atom stereocenters. The van der Waals surface area contributed by atoms with E-state index in [0.29, 0.717) is 36.4 Å². The van der Waals surface area contributed by atoms with E-state index in [-0.39, 0.29) is 0 Å². The van der Waals surface area contributed by atoms with Gasteiger partial charge in [-0.15, -0.1) is 21.5 Å². The summed E-state index contributed by atoms with van der Waals surface area (Å²) in [6, 6.07) is 7.99. The molecule has 2 saturated heterocycles. The topological polar surface area (TPSA) is 69.6 Å². The van der Waals surface area contributed by atoms with E-state index in [1.165, 1.54) is 30.6 Å². The van der Waals surface area contributed by atoms with Gasteiger partial charge >= 0.3 is 0 Å². The van der Waals surface area contributed by atoms with Crippen LogP contribution in [0.3, 0.4) is 0 Å². The lowest BCUT2D eigenvalue weighted by molar-refractivity contribution is 0.384. The molecule has 0 N–H and O–H groups in total. The fourth-order valence-corrected chi connectivity index (χ4v) is 6.34. The number of rotatable bonds is 4. The molecule has 146 valence electrons. The quantitative estimate of drug-likeness (QED) is 0.775. The highest BCUT2D eigenvalue weighted by atomic mass is 32.2. The minimum absolute atomic E-state index is 0.413. The molecular formula is C18H25N5O2S2. The number of sulfonamides is 1. The van der Waals surface area contributed by atoms with Crippen molar-refractivity contribution < 1.29 is 8.42 Å². The third-order valence-corrected chi connectivity index (χ3v) is 8.66. The van der Waals surface area contributed by atoms with E-state index in [0.717, 1.165) is 18.2 Å². The molecule has 0 bridgehead atoms. The molecule has 2 aromatic rings. The number of anilines is 2. The van der Waals surface area contributed by atoms with Crippen molar-refractivity contribution in [2.45, 2.75) is 36.4 Å². The first-order valence-electron chi connectivity index (χ1n) is 9.45. The average Bonchev–Trinajstić information content (AvgIpc) is 3.24. The van der Waals surface area contributed by atoms with Crippen LogP contribution in [-0.4, -0.2) is 61.7 Å². The second-order valence-electron chi connectivity index (χ2n) is 7.11. The number of thiophene rings is 1. The van der Waals surface area contributed by atoms with Crippen LogP contribution in [0.15, 0.2) is 33.9 Å². The van der Waals surface area contributed by atoms with Crippen molar-refractivity contribution in [1.29, 1.82) is 0 Å². The maximum Gasteiger partial charge on any atom is 0.252 e. The van der Waals surface area contributed by atoms with Gasteiger partial charge in [0.15, 0.2) is 11.6 Å². The number of aromatic nitrogens is 2. The number of hydrogen-bond donors (Lipinski definition) is 0. The standard InChI is InChI=1S/C18H25N5O2S2/c1-15-5-2-3-9-23(15)17-8-7-16(19-20-17)21-10-12-22(13-11-21)27(24,25)18-6-4-14-26-18/h4,6-8,14-15H,2-3,5,9-13H2,1H3. The lowest BCUT2D eigenvalue weighted by Gasteiger charge is -2.35. The molecule has 9 heteroatoms. The van der Waals surface area contributed by atoms with Crippen LogP contribution in [0.25, 0.3) is 0 Å². The number of piperazine rings is 1. The van der Waals surface area contributed by atoms with Crippen LogP contribution in [0.5, 0.6) is 0 Å². The Bertz CT molecular complexity index is 846. The Morgan fingerprint density at radius 2 is 1.74 bits per heavy atom. The molecule has 1 atom stereocenters. The Hall–Kier alpha value is -1.71. The maximum absolute atomic E-state index is 12.6. The zero-order valence-corrected chi connectivity index (χ0v) is 17.1. The summed E-state index contributed by atoms with van der Waals surface area (Å²) in [5, 5.41) is 10.7. The van der Waals surface area contributed by atoms with Gasteiger partial charge in [0.05, 0.1) is 0 Å². The molecular weight excluding hydrogens is 382 g/mol. The number of hydrogen-bond acceptors (Lipinski definition) is 7. The molecule has 27 heavy (non-hydrogen) atoms. The summed E-state index contributed by atoms with van der Waals surface area (Å²) in [6.45, 7) is 5.45. The summed E-state index contributed by atoms with van der Waals surface area (Å²) in [5.74, 6) is 1.75. The van der Waals surface area contributed by atoms with Crippen LogP contribution in [0.4, 0.5) is 11.6 Å². The van der Waals surface area contributed by atoms with E-state index < -0.39 is 10.0 Å². The molecule has 2 aromatic heterocycles. The first kappa shape index (κ1) is 18.6. The van der Waals surface area contributed by atoms with Crippen LogP contribution < -0.4 is 9.80 Å². The second-order valence-corrected chi connectivity index (χ2v) is 10.2. The van der Waals surface area contributed by atoms with Crippen molar-refractivity contribution in [3.05, 3.63) is 29.6 Å². The minimum Gasteiger partial charge on any atom is -0.352 e. The largest absolute Gasteiger partial charge is 0.352 e. The lowest BCUT2D eigenvalue weighted by atomic mass is 10.0. The molecule has 4 rings (SSSR count). The molecule has 0 aromatic carbocycles. The summed E-state index contributed by atoms with van der Waals surface area (Å²) in [4.78, 5) is 4.43. The van der Waals surface area contributed by atoms with E-state index in [1.807, 2.05) is 12.1 Å². The normalized spacial score (nSPS) is 22.2. The van der Waals surface area contributed by atoms with E-state index in [4.69, 9.17) is 0 Å². The second kappa shape index (κ2) is 7.73. The van der Waals surface area contributed by atoms with E-state index in [9.17, 15) is 8.42 Å². The van der Waals surface area contributed by atoms with Crippen molar-refractivity contribution in [1.82, 2.24) is 14.5 Å². The van der Waals surface area contributed by atoms with Crippen molar-refractivity contribution in [3.8, 4) is 0 Å². The Kier molecular flexibility index (Phi) is 5.34. The Labute approximate surface area is 164 Å². The highest BCUT2D eigenvalue weighted by Crippen LogP contribution is 2.25. The van der Waals surface area contributed by atoms with Crippen LogP contribution in [-0.2, 0) is 10.0 Å². The minimum atomic E-state index is -3.37. The van der Waals surface area contributed by atoms with Gasteiger partial charge in [-0.1, -0.05) is 6.07 Å². The Morgan fingerprint density at radius 1 is 1.00 bits per heavy atom. The van der Waals surface area contributed by atoms with Crippen LogP contribution in [0.1, 0.15) is 26.2 Å². The van der Waals surface area contributed by atoms with Gasteiger partial charge in [-0.3, -0.25) is 0 Å². The van der Waals surface area contributed by atoms with Crippen molar-refractivity contribution >= 4 is 33.0 Å². The van der Waals surface area contributed by atoms with Crippen LogP contribution in [0.2, 0.25) is 0 Å². The first-order chi connectivity index (χ1) is 13.1. The molecule has 0 radical (unpaired) electrons. The molecule has 0 spiro atoms. The summed E-state index contributed by atoms with van der Waals surface area (Å²) in [5.41, 5.74) is 0. The van der Waals surface area contributed by atoms with Gasteiger partial charge in [0.2, 0.25) is 0 Å². The molecule has 0 aliphatic carbocycles. The Balaban J connectivity index is 1.40. The van der Waals surface area contributed by atoms with Crippen molar-refractivity contribution in [3.63, 3.8) is 0 Å². The predicted octanol–water partition coefficient (Wildman–Crippen LogP) is 2.43. The fourth-order valence-electron chi connectivity index (χ4n) is 3.77. The SMILES string of the molecule is CC1CCCCN1c1ccc(N2CCN(S(=O)(=O)c3cccs3)CC2)nn1. The third-order valence-electron chi connectivity index (χ3n) is 5.39. The van der Waals surface area contributed by atoms with Gasteiger partial charge in [0.25, 0.3) is 10.0 Å². The summed E-state index contributed by atoms with van der Waals surface area (Å²) in [6.07, 6.45) is 3.68. The monoisotopic (exact) mass is 407 g/mol. The lowest BCUT2D eigenvalue weighted by Crippen LogP contribution is -2.48.